The minimum atomic E-state index is -1.94. The van der Waals surface area contributed by atoms with E-state index in [4.69, 9.17) is 10.2 Å². The molecule has 0 aromatic heterocycles. The summed E-state index contributed by atoms with van der Waals surface area (Å²) in [5, 5.41) is 15.1. The summed E-state index contributed by atoms with van der Waals surface area (Å²) in [6.07, 6.45) is 0. The van der Waals surface area contributed by atoms with Crippen molar-refractivity contribution in [2.75, 3.05) is 13.2 Å². The van der Waals surface area contributed by atoms with E-state index in [9.17, 15) is 9.59 Å². The molecule has 0 bridgehead atoms. The maximum Gasteiger partial charge on any atom is 0.189 e. The summed E-state index contributed by atoms with van der Waals surface area (Å²) in [5.41, 5.74) is 0. The smallest absolute Gasteiger partial charge is 0.189 e. The monoisotopic (exact) mass is 614 g/mol. The fourth-order valence-electron chi connectivity index (χ4n) is 5.06. The van der Waals surface area contributed by atoms with Crippen LogP contribution >= 0.6 is 0 Å². The third kappa shape index (κ3) is 39.8. The average molecular weight is 616 g/mol. The van der Waals surface area contributed by atoms with Gasteiger partial charge in [-0.1, -0.05) is 83.1 Å². The Morgan fingerprint density at radius 2 is 0.486 bits per heavy atom. The van der Waals surface area contributed by atoms with Gasteiger partial charge < -0.3 is 19.8 Å². The molecule has 216 valence electrons. The van der Waals surface area contributed by atoms with Crippen LogP contribution in [0.3, 0.4) is 0 Å². The molecular weight excluding hydrogens is 548 g/mol. The first-order valence-electron chi connectivity index (χ1n) is 14.0. The molecule has 0 aliphatic rings. The Morgan fingerprint density at radius 1 is 0.400 bits per heavy atom. The SMILES string of the molecule is CC(C)C[Si](O)(CC(C)C)CC(C)C.CC(C)C[Si](O)(CC(C)C)CC(C)C.CCO.CCO.[Zr]. The Labute approximate surface area is 243 Å². The van der Waals surface area contributed by atoms with Gasteiger partial charge >= 0.3 is 0 Å². The van der Waals surface area contributed by atoms with Crippen molar-refractivity contribution < 1.29 is 46.0 Å². The summed E-state index contributed by atoms with van der Waals surface area (Å²) in [5.74, 6) is 3.86. The Bertz CT molecular complexity index is 327. The molecule has 0 spiro atoms. The third-order valence-electron chi connectivity index (χ3n) is 4.73. The van der Waals surface area contributed by atoms with Crippen molar-refractivity contribution in [3.63, 3.8) is 0 Å². The second kappa shape index (κ2) is 26.8. The molecule has 0 saturated heterocycles. The van der Waals surface area contributed by atoms with Crippen molar-refractivity contribution in [2.45, 2.75) is 133 Å². The second-order valence-electron chi connectivity index (χ2n) is 12.7. The molecule has 0 amide bonds. The summed E-state index contributed by atoms with van der Waals surface area (Å²) < 4.78 is 0. The van der Waals surface area contributed by atoms with E-state index in [-0.39, 0.29) is 39.4 Å². The molecule has 0 atom stereocenters. The molecular formula is C28H68O4Si2Zr. The molecule has 0 saturated carbocycles. The van der Waals surface area contributed by atoms with E-state index in [2.05, 4.69) is 83.1 Å². The van der Waals surface area contributed by atoms with Crippen molar-refractivity contribution in [1.82, 2.24) is 0 Å². The number of aliphatic hydroxyl groups is 2. The first kappa shape index (κ1) is 46.0. The molecule has 4 nitrogen and oxygen atoms in total. The van der Waals surface area contributed by atoms with E-state index in [1.165, 1.54) is 0 Å². The fraction of sp³-hybridized carbons (Fsp3) is 1.00. The molecule has 0 heterocycles. The van der Waals surface area contributed by atoms with Crippen molar-refractivity contribution in [3.05, 3.63) is 0 Å². The number of hydrogen-bond acceptors (Lipinski definition) is 4. The first-order chi connectivity index (χ1) is 15.3. The summed E-state index contributed by atoms with van der Waals surface area (Å²) in [6.45, 7) is 30.5. The maximum absolute atomic E-state index is 10.7. The summed E-state index contributed by atoms with van der Waals surface area (Å²) in [6, 6.07) is 6.44. The average Bonchev–Trinajstić information content (AvgIpc) is 2.50. The largest absolute Gasteiger partial charge is 0.432 e. The Kier molecular flexibility index (Phi) is 35.2. The van der Waals surface area contributed by atoms with Crippen molar-refractivity contribution in [3.8, 4) is 0 Å². The van der Waals surface area contributed by atoms with Gasteiger partial charge in [0.1, 0.15) is 0 Å². The van der Waals surface area contributed by atoms with Crippen LogP contribution in [0, 0.1) is 35.5 Å². The Balaban J connectivity index is -0.000000136. The van der Waals surface area contributed by atoms with Gasteiger partial charge in [0.15, 0.2) is 16.6 Å². The van der Waals surface area contributed by atoms with E-state index in [1.54, 1.807) is 13.8 Å². The summed E-state index contributed by atoms with van der Waals surface area (Å²) >= 11 is 0. The molecule has 0 aromatic carbocycles. The van der Waals surface area contributed by atoms with Crippen LogP contribution in [0.4, 0.5) is 0 Å². The Hall–Kier alpha value is 1.16. The molecule has 0 aromatic rings. The van der Waals surface area contributed by atoms with Crippen molar-refractivity contribution in [1.29, 1.82) is 0 Å². The minimum absolute atomic E-state index is 0. The van der Waals surface area contributed by atoms with Gasteiger partial charge in [0, 0.05) is 39.4 Å². The third-order valence-corrected chi connectivity index (χ3v) is 14.2. The van der Waals surface area contributed by atoms with Crippen LogP contribution < -0.4 is 0 Å². The molecule has 7 heteroatoms. The van der Waals surface area contributed by atoms with Crippen molar-refractivity contribution >= 4 is 16.6 Å². The van der Waals surface area contributed by atoms with Gasteiger partial charge in [-0.05, 0) is 85.6 Å². The van der Waals surface area contributed by atoms with Crippen LogP contribution in [0.25, 0.3) is 0 Å². The molecule has 0 aliphatic heterocycles. The number of aliphatic hydroxyl groups excluding tert-OH is 2. The summed E-state index contributed by atoms with van der Waals surface area (Å²) in [7, 11) is -3.88. The predicted molar refractivity (Wildman–Crippen MR) is 159 cm³/mol. The predicted octanol–water partition coefficient (Wildman–Crippen LogP) is 7.78. The van der Waals surface area contributed by atoms with Gasteiger partial charge in [-0.15, -0.1) is 0 Å². The maximum atomic E-state index is 10.7. The minimum Gasteiger partial charge on any atom is -0.432 e. The topological polar surface area (TPSA) is 80.9 Å². The van der Waals surface area contributed by atoms with Crippen LogP contribution in [0.5, 0.6) is 0 Å². The number of hydrogen-bond donors (Lipinski definition) is 4. The van der Waals surface area contributed by atoms with Crippen molar-refractivity contribution in [2.24, 2.45) is 35.5 Å². The van der Waals surface area contributed by atoms with E-state index in [1.807, 2.05) is 0 Å². The van der Waals surface area contributed by atoms with E-state index in [0.717, 1.165) is 36.3 Å². The van der Waals surface area contributed by atoms with E-state index < -0.39 is 16.6 Å². The molecule has 0 unspecified atom stereocenters. The van der Waals surface area contributed by atoms with Gasteiger partial charge in [-0.3, -0.25) is 0 Å². The van der Waals surface area contributed by atoms with Crippen LogP contribution in [-0.4, -0.2) is 49.7 Å². The van der Waals surface area contributed by atoms with Gasteiger partial charge in [-0.25, -0.2) is 0 Å². The van der Waals surface area contributed by atoms with Gasteiger partial charge in [0.2, 0.25) is 0 Å². The van der Waals surface area contributed by atoms with Crippen LogP contribution in [-0.2, 0) is 26.2 Å². The van der Waals surface area contributed by atoms with Crippen LogP contribution in [0.2, 0.25) is 36.3 Å². The molecule has 0 radical (unpaired) electrons. The van der Waals surface area contributed by atoms with Crippen LogP contribution in [0.15, 0.2) is 0 Å². The van der Waals surface area contributed by atoms with E-state index >= 15 is 0 Å². The zero-order valence-corrected chi connectivity index (χ0v) is 30.9. The summed E-state index contributed by atoms with van der Waals surface area (Å²) in [4.78, 5) is 21.3. The number of rotatable bonds is 12. The zero-order chi connectivity index (χ0) is 28.1. The molecule has 35 heavy (non-hydrogen) atoms. The standard InChI is InChI=1S/2C12H28OSi.2C2H6O.Zr/c2*1-10(2)7-14(13,8-11(3)4)9-12(5)6;2*1-2-3;/h2*10-13H,7-9H2,1-6H3;2*3H,2H2,1H3;. The van der Waals surface area contributed by atoms with Gasteiger partial charge in [0.05, 0.1) is 0 Å². The van der Waals surface area contributed by atoms with Crippen LogP contribution in [0.1, 0.15) is 96.9 Å². The molecule has 0 aliphatic carbocycles. The second-order valence-corrected chi connectivity index (χ2v) is 20.0. The molecule has 4 N–H and O–H groups in total. The first-order valence-corrected chi connectivity index (χ1v) is 19.1. The van der Waals surface area contributed by atoms with Gasteiger partial charge in [0.25, 0.3) is 0 Å². The normalized spacial score (nSPS) is 11.7. The fourth-order valence-corrected chi connectivity index (χ4v) is 15.2. The van der Waals surface area contributed by atoms with E-state index in [0.29, 0.717) is 35.5 Å². The van der Waals surface area contributed by atoms with Gasteiger partial charge in [-0.2, -0.15) is 0 Å². The Morgan fingerprint density at radius 3 is 0.543 bits per heavy atom. The molecule has 0 fully saturated rings. The quantitative estimate of drug-likeness (QED) is 0.169. The molecule has 0 rings (SSSR count). The zero-order valence-electron chi connectivity index (χ0n) is 26.4.